The monoisotopic (exact) mass is 312 g/mol. The molecule has 2 aromatic rings. The molecule has 0 aliphatic carbocycles. The van der Waals surface area contributed by atoms with Gasteiger partial charge in [-0.25, -0.2) is 0 Å². The quantitative estimate of drug-likeness (QED) is 0.857. The van der Waals surface area contributed by atoms with Crippen LogP contribution in [0.25, 0.3) is 0 Å². The number of rotatable bonds is 2. The first-order valence-electron chi connectivity index (χ1n) is 8.10. The second kappa shape index (κ2) is 5.80. The lowest BCUT2D eigenvalue weighted by Gasteiger charge is -2.44. The number of hydrogen-bond acceptors (Lipinski definition) is 3. The van der Waals surface area contributed by atoms with Crippen LogP contribution in [0.3, 0.4) is 0 Å². The number of hydrogen-bond donors (Lipinski definition) is 0. The van der Waals surface area contributed by atoms with Gasteiger partial charge in [0.2, 0.25) is 0 Å². The fraction of sp³-hybridized carbons (Fsp3) is 0.500. The second-order valence-electron chi connectivity index (χ2n) is 7.10. The number of carbonyl (C=O) groups excluding carboxylic acids is 1. The lowest BCUT2D eigenvalue weighted by atomic mass is 9.70. The summed E-state index contributed by atoms with van der Waals surface area (Å²) < 4.78 is 1.65. The molecular weight excluding hydrogens is 288 g/mol. The number of nitrogens with zero attached hydrogens (tertiary/aromatic N) is 4. The number of likely N-dealkylation sites (tertiary alicyclic amines) is 1. The van der Waals surface area contributed by atoms with Crippen molar-refractivity contribution >= 4 is 5.91 Å². The molecule has 5 heteroatoms. The molecule has 1 unspecified atom stereocenters. The van der Waals surface area contributed by atoms with E-state index in [1.54, 1.807) is 4.68 Å². The summed E-state index contributed by atoms with van der Waals surface area (Å²) in [6, 6.07) is 10.5. The minimum atomic E-state index is -0.00738. The van der Waals surface area contributed by atoms with Crippen LogP contribution < -0.4 is 0 Å². The van der Waals surface area contributed by atoms with Gasteiger partial charge in [0.1, 0.15) is 0 Å². The molecule has 1 aromatic carbocycles. The van der Waals surface area contributed by atoms with Gasteiger partial charge in [-0.15, -0.1) is 5.10 Å². The van der Waals surface area contributed by atoms with E-state index in [0.29, 0.717) is 11.6 Å². The Kier molecular flexibility index (Phi) is 3.96. The van der Waals surface area contributed by atoms with Crippen molar-refractivity contribution < 1.29 is 4.79 Å². The van der Waals surface area contributed by atoms with Crippen LogP contribution >= 0.6 is 0 Å². The Balaban J connectivity index is 1.86. The van der Waals surface area contributed by atoms with Crippen LogP contribution in [-0.4, -0.2) is 38.9 Å². The van der Waals surface area contributed by atoms with E-state index in [-0.39, 0.29) is 11.3 Å². The smallest absolute Gasteiger partial charge is 0.276 e. The first kappa shape index (κ1) is 15.7. The summed E-state index contributed by atoms with van der Waals surface area (Å²) in [4.78, 5) is 14.8. The summed E-state index contributed by atoms with van der Waals surface area (Å²) in [5.74, 6) is 0.324. The van der Waals surface area contributed by atoms with E-state index in [1.807, 2.05) is 24.9 Å². The minimum Gasteiger partial charge on any atom is -0.337 e. The molecule has 23 heavy (non-hydrogen) atoms. The van der Waals surface area contributed by atoms with Gasteiger partial charge in [0.25, 0.3) is 5.91 Å². The number of aromatic nitrogens is 3. The third-order valence-corrected chi connectivity index (χ3v) is 5.17. The number of piperidine rings is 1. The van der Waals surface area contributed by atoms with E-state index in [1.165, 1.54) is 5.56 Å². The Morgan fingerprint density at radius 3 is 2.57 bits per heavy atom. The Hall–Kier alpha value is -2.17. The molecule has 1 aromatic heterocycles. The zero-order chi connectivity index (χ0) is 16.6. The maximum absolute atomic E-state index is 12.8. The highest BCUT2D eigenvalue weighted by atomic mass is 16.2. The van der Waals surface area contributed by atoms with Gasteiger partial charge < -0.3 is 4.90 Å². The second-order valence-corrected chi connectivity index (χ2v) is 7.10. The van der Waals surface area contributed by atoms with Crippen LogP contribution in [0.5, 0.6) is 0 Å². The van der Waals surface area contributed by atoms with Crippen LogP contribution in [0.2, 0.25) is 0 Å². The first-order chi connectivity index (χ1) is 10.9. The molecule has 1 atom stereocenters. The Morgan fingerprint density at radius 1 is 1.26 bits per heavy atom. The zero-order valence-electron chi connectivity index (χ0n) is 14.3. The molecule has 1 saturated heterocycles. The molecule has 0 radical (unpaired) electrons. The molecule has 0 N–H and O–H groups in total. The molecule has 1 aliphatic rings. The SMILES string of the molecule is Cc1c(C(=O)N2CCC(C)(C)C(c3ccccc3)C2)nnn1C. The van der Waals surface area contributed by atoms with Crippen LogP contribution in [0.15, 0.2) is 30.3 Å². The fourth-order valence-electron chi connectivity index (χ4n) is 3.33. The summed E-state index contributed by atoms with van der Waals surface area (Å²) in [6.07, 6.45) is 0.984. The Labute approximate surface area is 137 Å². The minimum absolute atomic E-state index is 0.00738. The zero-order valence-corrected chi connectivity index (χ0v) is 14.3. The van der Waals surface area contributed by atoms with E-state index in [0.717, 1.165) is 25.2 Å². The number of amides is 1. The normalized spacial score (nSPS) is 20.5. The van der Waals surface area contributed by atoms with Crippen molar-refractivity contribution in [3.8, 4) is 0 Å². The third-order valence-electron chi connectivity index (χ3n) is 5.17. The molecule has 5 nitrogen and oxygen atoms in total. The molecule has 0 spiro atoms. The molecular formula is C18H24N4O. The predicted octanol–water partition coefficient (Wildman–Crippen LogP) is 2.78. The highest BCUT2D eigenvalue weighted by Gasteiger charge is 2.38. The third kappa shape index (κ3) is 2.87. The van der Waals surface area contributed by atoms with E-state index in [4.69, 9.17) is 0 Å². The van der Waals surface area contributed by atoms with Gasteiger partial charge in [-0.3, -0.25) is 9.48 Å². The number of benzene rings is 1. The average molecular weight is 312 g/mol. The molecule has 122 valence electrons. The molecule has 1 amide bonds. The van der Waals surface area contributed by atoms with E-state index in [9.17, 15) is 4.79 Å². The highest BCUT2D eigenvalue weighted by Crippen LogP contribution is 2.42. The van der Waals surface area contributed by atoms with Crippen LogP contribution in [0.1, 0.15) is 47.9 Å². The lowest BCUT2D eigenvalue weighted by molar-refractivity contribution is 0.0561. The van der Waals surface area contributed by atoms with Crippen molar-refractivity contribution in [3.05, 3.63) is 47.3 Å². The lowest BCUT2D eigenvalue weighted by Crippen LogP contribution is -2.46. The maximum Gasteiger partial charge on any atom is 0.276 e. The summed E-state index contributed by atoms with van der Waals surface area (Å²) in [5.41, 5.74) is 2.76. The predicted molar refractivity (Wildman–Crippen MR) is 89.2 cm³/mol. The number of aryl methyl sites for hydroxylation is 1. The van der Waals surface area contributed by atoms with Crippen molar-refractivity contribution in [1.29, 1.82) is 0 Å². The van der Waals surface area contributed by atoms with Gasteiger partial charge in [0.05, 0.1) is 5.69 Å². The van der Waals surface area contributed by atoms with Crippen LogP contribution in [0.4, 0.5) is 0 Å². The number of carbonyl (C=O) groups is 1. The molecule has 1 aliphatic heterocycles. The van der Waals surface area contributed by atoms with Crippen molar-refractivity contribution in [3.63, 3.8) is 0 Å². The molecule has 1 fully saturated rings. The first-order valence-corrected chi connectivity index (χ1v) is 8.10. The standard InChI is InChI=1S/C18H24N4O/c1-13-16(19-20-21(13)4)17(23)22-11-10-18(2,3)15(12-22)14-8-6-5-7-9-14/h5-9,15H,10-12H2,1-4H3. The van der Waals surface area contributed by atoms with Gasteiger partial charge >= 0.3 is 0 Å². The fourth-order valence-corrected chi connectivity index (χ4v) is 3.33. The van der Waals surface area contributed by atoms with Gasteiger partial charge in [-0.1, -0.05) is 49.4 Å². The van der Waals surface area contributed by atoms with Crippen LogP contribution in [-0.2, 0) is 7.05 Å². The van der Waals surface area contributed by atoms with Crippen molar-refractivity contribution in [2.24, 2.45) is 12.5 Å². The average Bonchev–Trinajstić information content (AvgIpc) is 2.87. The summed E-state index contributed by atoms with van der Waals surface area (Å²) in [5, 5.41) is 8.00. The van der Waals surface area contributed by atoms with Crippen LogP contribution in [0, 0.1) is 12.3 Å². The molecule has 3 rings (SSSR count). The van der Waals surface area contributed by atoms with Gasteiger partial charge in [-0.05, 0) is 24.3 Å². The largest absolute Gasteiger partial charge is 0.337 e. The van der Waals surface area contributed by atoms with Crippen molar-refractivity contribution in [2.75, 3.05) is 13.1 Å². The Morgan fingerprint density at radius 2 is 1.96 bits per heavy atom. The highest BCUT2D eigenvalue weighted by molar-refractivity contribution is 5.93. The Bertz CT molecular complexity index is 705. The molecule has 2 heterocycles. The molecule has 0 bridgehead atoms. The molecule has 0 saturated carbocycles. The topological polar surface area (TPSA) is 51.0 Å². The van der Waals surface area contributed by atoms with E-state index in [2.05, 4.69) is 48.4 Å². The summed E-state index contributed by atoms with van der Waals surface area (Å²) in [6.45, 7) is 7.97. The van der Waals surface area contributed by atoms with Gasteiger partial charge in [0.15, 0.2) is 5.69 Å². The maximum atomic E-state index is 12.8. The van der Waals surface area contributed by atoms with E-state index < -0.39 is 0 Å². The summed E-state index contributed by atoms with van der Waals surface area (Å²) in [7, 11) is 1.81. The van der Waals surface area contributed by atoms with Gasteiger partial charge in [0, 0.05) is 26.1 Å². The van der Waals surface area contributed by atoms with Crippen molar-refractivity contribution in [2.45, 2.75) is 33.1 Å². The van der Waals surface area contributed by atoms with Gasteiger partial charge in [-0.2, -0.15) is 0 Å². The van der Waals surface area contributed by atoms with Crippen molar-refractivity contribution in [1.82, 2.24) is 19.9 Å². The summed E-state index contributed by atoms with van der Waals surface area (Å²) >= 11 is 0. The van der Waals surface area contributed by atoms with E-state index >= 15 is 0 Å².